The van der Waals surface area contributed by atoms with E-state index in [2.05, 4.69) is 99.3 Å². The SMILES string of the molecule is C1CCC1.C=CC.CC.CC.CC.Cc1ccccc1-c1nc(-c2cc(-c3ccccc3)cc(-c3nc(-c4ccccc4)nc(-c4ccccc4)n3)c2)nc(-c2ccccc2)c1C. The molecule has 0 spiro atoms. The van der Waals surface area contributed by atoms with Gasteiger partial charge in [-0.3, -0.25) is 0 Å². The standard InChI is InChI=1S/C45H33N5.C4H8.C3H6.3C2H6/c1-30-17-15-16-26-39(30)41-31(2)40(33-20-9-4-10-21-33)46-44(47-41)37-27-36(32-18-7-3-8-19-32)28-38(29-37)45-49-42(34-22-11-5-12-23-34)48-43(50-45)35-24-13-6-14-25-35;1-2-4-3-1;1-3-2;3*1-2/h3-29H,1-2H3;1-4H2;3H,1H2,2H3;3*1-2H3. The van der Waals surface area contributed by atoms with Crippen molar-refractivity contribution in [1.82, 2.24) is 24.9 Å². The van der Waals surface area contributed by atoms with Crippen LogP contribution in [0.3, 0.4) is 0 Å². The lowest BCUT2D eigenvalue weighted by Crippen LogP contribution is -2.02. The average Bonchev–Trinajstić information content (AvgIpc) is 3.34. The monoisotopic (exact) mass is 832 g/mol. The topological polar surface area (TPSA) is 64.5 Å². The van der Waals surface area contributed by atoms with Crippen LogP contribution in [0.15, 0.2) is 176 Å². The van der Waals surface area contributed by atoms with Gasteiger partial charge in [-0.1, -0.05) is 219 Å². The van der Waals surface area contributed by atoms with Crippen molar-refractivity contribution in [1.29, 1.82) is 0 Å². The highest BCUT2D eigenvalue weighted by Gasteiger charge is 2.19. The maximum atomic E-state index is 5.30. The predicted molar refractivity (Wildman–Crippen MR) is 271 cm³/mol. The Balaban J connectivity index is 0.000000599. The van der Waals surface area contributed by atoms with Crippen molar-refractivity contribution in [2.24, 2.45) is 0 Å². The summed E-state index contributed by atoms with van der Waals surface area (Å²) in [4.78, 5) is 25.6. The second-order valence-electron chi connectivity index (χ2n) is 14.1. The fourth-order valence-electron chi connectivity index (χ4n) is 6.49. The van der Waals surface area contributed by atoms with Crippen molar-refractivity contribution in [2.45, 2.75) is 88.0 Å². The highest BCUT2D eigenvalue weighted by atomic mass is 15.0. The molecule has 8 aromatic rings. The number of benzene rings is 6. The fraction of sp³-hybridized carbons (Fsp3) is 0.224. The van der Waals surface area contributed by atoms with Gasteiger partial charge in [-0.15, -0.1) is 6.58 Å². The summed E-state index contributed by atoms with van der Waals surface area (Å²) in [6.07, 6.45) is 7.75. The highest BCUT2D eigenvalue weighted by molar-refractivity contribution is 5.82. The van der Waals surface area contributed by atoms with E-state index in [1.54, 1.807) is 6.08 Å². The number of nitrogens with zero attached hydrogens (tertiary/aromatic N) is 5. The molecule has 2 heterocycles. The Morgan fingerprint density at radius 3 is 1.10 bits per heavy atom. The molecule has 0 aliphatic heterocycles. The Kier molecular flexibility index (Phi) is 20.5. The van der Waals surface area contributed by atoms with Crippen LogP contribution in [0.2, 0.25) is 0 Å². The maximum absolute atomic E-state index is 5.30. The minimum absolute atomic E-state index is 0.575. The maximum Gasteiger partial charge on any atom is 0.164 e. The van der Waals surface area contributed by atoms with Gasteiger partial charge >= 0.3 is 0 Å². The molecule has 6 aromatic carbocycles. The summed E-state index contributed by atoms with van der Waals surface area (Å²) in [6, 6.07) is 55.6. The summed E-state index contributed by atoms with van der Waals surface area (Å²) in [7, 11) is 0. The molecular formula is C58H65N5. The highest BCUT2D eigenvalue weighted by Crippen LogP contribution is 2.36. The number of hydrogen-bond donors (Lipinski definition) is 0. The van der Waals surface area contributed by atoms with Crippen LogP contribution in [-0.4, -0.2) is 24.9 Å². The smallest absolute Gasteiger partial charge is 0.164 e. The normalized spacial score (nSPS) is 10.7. The van der Waals surface area contributed by atoms with E-state index in [-0.39, 0.29) is 0 Å². The second-order valence-corrected chi connectivity index (χ2v) is 14.1. The lowest BCUT2D eigenvalue weighted by atomic mass is 9.96. The zero-order valence-electron chi connectivity index (χ0n) is 38.9. The number of hydrogen-bond acceptors (Lipinski definition) is 5. The first-order valence-corrected chi connectivity index (χ1v) is 22.7. The van der Waals surface area contributed by atoms with E-state index in [0.29, 0.717) is 23.3 Å². The molecule has 9 rings (SSSR count). The molecule has 0 radical (unpaired) electrons. The summed E-state index contributed by atoms with van der Waals surface area (Å²) in [5.41, 5.74) is 11.8. The van der Waals surface area contributed by atoms with Gasteiger partial charge in [0.15, 0.2) is 23.3 Å². The molecule has 1 saturated carbocycles. The molecule has 1 fully saturated rings. The van der Waals surface area contributed by atoms with Crippen molar-refractivity contribution >= 4 is 0 Å². The zero-order chi connectivity index (χ0) is 45.4. The van der Waals surface area contributed by atoms with E-state index in [4.69, 9.17) is 24.9 Å². The molecule has 5 heteroatoms. The average molecular weight is 832 g/mol. The Morgan fingerprint density at radius 2 is 0.683 bits per heavy atom. The molecule has 1 aliphatic rings. The number of rotatable bonds is 7. The van der Waals surface area contributed by atoms with Crippen LogP contribution >= 0.6 is 0 Å². The first-order valence-electron chi connectivity index (χ1n) is 22.7. The Hall–Kier alpha value is -6.85. The van der Waals surface area contributed by atoms with E-state index < -0.39 is 0 Å². The minimum Gasteiger partial charge on any atom is -0.228 e. The summed E-state index contributed by atoms with van der Waals surface area (Å²) in [5.74, 6) is 2.43. The third kappa shape index (κ3) is 13.3. The number of allylic oxidation sites excluding steroid dienone is 1. The molecule has 5 nitrogen and oxygen atoms in total. The van der Waals surface area contributed by atoms with Crippen LogP contribution < -0.4 is 0 Å². The summed E-state index contributed by atoms with van der Waals surface area (Å²) in [5, 5.41) is 0. The molecular weight excluding hydrogens is 767 g/mol. The van der Waals surface area contributed by atoms with Gasteiger partial charge < -0.3 is 0 Å². The summed E-state index contributed by atoms with van der Waals surface area (Å²) >= 11 is 0. The van der Waals surface area contributed by atoms with Gasteiger partial charge in [0.25, 0.3) is 0 Å². The second kappa shape index (κ2) is 26.5. The molecule has 0 bridgehead atoms. The quantitative estimate of drug-likeness (QED) is 0.150. The van der Waals surface area contributed by atoms with Crippen LogP contribution in [-0.2, 0) is 0 Å². The Bertz CT molecular complexity index is 2490. The number of aromatic nitrogens is 5. The summed E-state index contributed by atoms with van der Waals surface area (Å²) in [6.45, 7) is 21.5. The Labute approximate surface area is 378 Å². The predicted octanol–water partition coefficient (Wildman–Crippen LogP) is 16.8. The van der Waals surface area contributed by atoms with Crippen LogP contribution in [0.1, 0.15) is 85.3 Å². The van der Waals surface area contributed by atoms with Crippen molar-refractivity contribution < 1.29 is 0 Å². The first-order chi connectivity index (χ1) is 31.0. The molecule has 0 unspecified atom stereocenters. The van der Waals surface area contributed by atoms with Gasteiger partial charge in [0, 0.05) is 38.9 Å². The van der Waals surface area contributed by atoms with Gasteiger partial charge in [0.1, 0.15) is 0 Å². The van der Waals surface area contributed by atoms with E-state index in [1.165, 1.54) is 25.7 Å². The van der Waals surface area contributed by atoms with Crippen LogP contribution in [0.4, 0.5) is 0 Å². The van der Waals surface area contributed by atoms with Crippen molar-refractivity contribution in [3.8, 4) is 79.2 Å². The van der Waals surface area contributed by atoms with Crippen LogP contribution in [0.5, 0.6) is 0 Å². The fourth-order valence-corrected chi connectivity index (χ4v) is 6.49. The van der Waals surface area contributed by atoms with Gasteiger partial charge in [-0.05, 0) is 55.7 Å². The largest absolute Gasteiger partial charge is 0.228 e. The van der Waals surface area contributed by atoms with E-state index in [1.807, 2.05) is 133 Å². The van der Waals surface area contributed by atoms with Gasteiger partial charge in [0.05, 0.1) is 11.4 Å². The van der Waals surface area contributed by atoms with Crippen LogP contribution in [0, 0.1) is 13.8 Å². The van der Waals surface area contributed by atoms with Gasteiger partial charge in [0.2, 0.25) is 0 Å². The lowest BCUT2D eigenvalue weighted by molar-refractivity contribution is 0.504. The molecule has 0 amide bonds. The molecule has 2 aromatic heterocycles. The number of aryl methyl sites for hydroxylation is 1. The minimum atomic E-state index is 0.575. The van der Waals surface area contributed by atoms with Gasteiger partial charge in [-0.25, -0.2) is 24.9 Å². The first kappa shape index (κ1) is 48.8. The third-order valence-electron chi connectivity index (χ3n) is 9.85. The van der Waals surface area contributed by atoms with Crippen molar-refractivity contribution in [2.75, 3.05) is 0 Å². The van der Waals surface area contributed by atoms with E-state index >= 15 is 0 Å². The van der Waals surface area contributed by atoms with E-state index in [0.717, 1.165) is 67.0 Å². The van der Waals surface area contributed by atoms with Crippen molar-refractivity contribution in [3.63, 3.8) is 0 Å². The zero-order valence-corrected chi connectivity index (χ0v) is 38.9. The van der Waals surface area contributed by atoms with Crippen molar-refractivity contribution in [3.05, 3.63) is 188 Å². The molecule has 0 N–H and O–H groups in total. The third-order valence-corrected chi connectivity index (χ3v) is 9.85. The molecule has 0 saturated heterocycles. The van der Waals surface area contributed by atoms with E-state index in [9.17, 15) is 0 Å². The molecule has 63 heavy (non-hydrogen) atoms. The molecule has 322 valence electrons. The summed E-state index contributed by atoms with van der Waals surface area (Å²) < 4.78 is 0. The van der Waals surface area contributed by atoms with Gasteiger partial charge in [-0.2, -0.15) is 0 Å². The lowest BCUT2D eigenvalue weighted by Gasteiger charge is -2.16. The molecule has 0 atom stereocenters. The van der Waals surface area contributed by atoms with Crippen LogP contribution in [0.25, 0.3) is 79.2 Å². The Morgan fingerprint density at radius 1 is 0.365 bits per heavy atom. The molecule has 1 aliphatic carbocycles.